The quantitative estimate of drug-likeness (QED) is 0.924. The molecule has 0 aliphatic carbocycles. The van der Waals surface area contributed by atoms with Crippen molar-refractivity contribution < 1.29 is 12.8 Å². The Kier molecular flexibility index (Phi) is 3.45. The summed E-state index contributed by atoms with van der Waals surface area (Å²) >= 11 is 0. The van der Waals surface area contributed by atoms with Crippen molar-refractivity contribution in [2.45, 2.75) is 24.3 Å². The lowest BCUT2D eigenvalue weighted by atomic mass is 10.0. The van der Waals surface area contributed by atoms with Crippen molar-refractivity contribution in [3.8, 4) is 0 Å². The molecule has 0 amide bonds. The first-order chi connectivity index (χ1) is 9.97. The Morgan fingerprint density at radius 3 is 2.76 bits per heavy atom. The van der Waals surface area contributed by atoms with Crippen LogP contribution in [-0.4, -0.2) is 14.2 Å². The van der Waals surface area contributed by atoms with E-state index in [1.54, 1.807) is 36.4 Å². The molecule has 1 atom stereocenters. The summed E-state index contributed by atoms with van der Waals surface area (Å²) in [5, 5.41) is 3.14. The van der Waals surface area contributed by atoms with Crippen LogP contribution < -0.4 is 5.32 Å². The fourth-order valence-corrected chi connectivity index (χ4v) is 4.30. The van der Waals surface area contributed by atoms with Crippen LogP contribution in [-0.2, 0) is 9.84 Å². The van der Waals surface area contributed by atoms with Gasteiger partial charge in [-0.05, 0) is 42.7 Å². The minimum atomic E-state index is -3.22. The Hall–Kier alpha value is -1.88. The predicted octanol–water partition coefficient (Wildman–Crippen LogP) is 3.46. The van der Waals surface area contributed by atoms with Gasteiger partial charge in [-0.15, -0.1) is 0 Å². The predicted molar refractivity (Wildman–Crippen MR) is 80.6 cm³/mol. The third-order valence-electron chi connectivity index (χ3n) is 3.76. The normalized spacial score (nSPS) is 19.8. The molecule has 0 bridgehead atoms. The zero-order valence-electron chi connectivity index (χ0n) is 11.6. The van der Waals surface area contributed by atoms with Gasteiger partial charge in [-0.3, -0.25) is 0 Å². The number of rotatable bonds is 2. The van der Waals surface area contributed by atoms with Gasteiger partial charge in [0.2, 0.25) is 0 Å². The molecule has 1 aliphatic rings. The second-order valence-corrected chi connectivity index (χ2v) is 7.40. The van der Waals surface area contributed by atoms with Crippen molar-refractivity contribution in [2.24, 2.45) is 0 Å². The van der Waals surface area contributed by atoms with Crippen LogP contribution >= 0.6 is 0 Å². The number of anilines is 1. The first-order valence-corrected chi connectivity index (χ1v) is 8.47. The average molecular weight is 305 g/mol. The van der Waals surface area contributed by atoms with E-state index in [0.717, 1.165) is 5.56 Å². The van der Waals surface area contributed by atoms with Gasteiger partial charge in [-0.1, -0.05) is 24.3 Å². The molecule has 1 aliphatic heterocycles. The summed E-state index contributed by atoms with van der Waals surface area (Å²) in [6, 6.07) is 11.6. The number of sulfone groups is 1. The summed E-state index contributed by atoms with van der Waals surface area (Å²) < 4.78 is 38.1. The van der Waals surface area contributed by atoms with Crippen molar-refractivity contribution >= 4 is 15.5 Å². The lowest BCUT2D eigenvalue weighted by Crippen LogP contribution is -2.24. The van der Waals surface area contributed by atoms with Crippen LogP contribution in [0, 0.1) is 12.7 Å². The molecule has 3 nitrogen and oxygen atoms in total. The molecule has 0 saturated carbocycles. The molecule has 1 N–H and O–H groups in total. The molecule has 1 unspecified atom stereocenters. The Balaban J connectivity index is 1.99. The molecule has 3 rings (SSSR count). The summed E-state index contributed by atoms with van der Waals surface area (Å²) in [6.07, 6.45) is 0.437. The van der Waals surface area contributed by atoms with Gasteiger partial charge in [0.15, 0.2) is 9.84 Å². The van der Waals surface area contributed by atoms with E-state index < -0.39 is 9.84 Å². The van der Waals surface area contributed by atoms with E-state index in [2.05, 4.69) is 5.32 Å². The van der Waals surface area contributed by atoms with E-state index in [0.29, 0.717) is 22.6 Å². The van der Waals surface area contributed by atoms with E-state index in [-0.39, 0.29) is 17.6 Å². The van der Waals surface area contributed by atoms with E-state index in [4.69, 9.17) is 0 Å². The molecule has 21 heavy (non-hydrogen) atoms. The van der Waals surface area contributed by atoms with Gasteiger partial charge in [0, 0.05) is 0 Å². The van der Waals surface area contributed by atoms with Gasteiger partial charge in [0.1, 0.15) is 5.82 Å². The third-order valence-corrected chi connectivity index (χ3v) is 5.57. The lowest BCUT2D eigenvalue weighted by Gasteiger charge is -2.27. The molecule has 0 saturated heterocycles. The molecule has 0 spiro atoms. The fourth-order valence-electron chi connectivity index (χ4n) is 2.68. The minimum absolute atomic E-state index is 0.0785. The Labute approximate surface area is 123 Å². The standard InChI is InChI=1S/C16H16FNO2S/c1-11-6-7-13(17)15(10-11)18-14-8-9-21(19,20)16-5-3-2-4-12(14)16/h2-7,10,14,18H,8-9H2,1H3. The van der Waals surface area contributed by atoms with Gasteiger partial charge in [0.25, 0.3) is 0 Å². The first kappa shape index (κ1) is 14.1. The number of fused-ring (bicyclic) bond motifs is 1. The molecule has 2 aromatic rings. The van der Waals surface area contributed by atoms with Crippen LogP contribution in [0.5, 0.6) is 0 Å². The van der Waals surface area contributed by atoms with Crippen LogP contribution in [0.1, 0.15) is 23.6 Å². The highest BCUT2D eigenvalue weighted by Crippen LogP contribution is 2.34. The maximum atomic E-state index is 13.9. The molecule has 1 heterocycles. The van der Waals surface area contributed by atoms with E-state index in [1.165, 1.54) is 6.07 Å². The average Bonchev–Trinajstić information content (AvgIpc) is 2.46. The fraction of sp³-hybridized carbons (Fsp3) is 0.250. The molecule has 0 aromatic heterocycles. The molecule has 5 heteroatoms. The van der Waals surface area contributed by atoms with Crippen molar-refractivity contribution in [1.82, 2.24) is 0 Å². The SMILES string of the molecule is Cc1ccc(F)c(NC2CCS(=O)(=O)c3ccccc32)c1. The van der Waals surface area contributed by atoms with Gasteiger partial charge in [-0.25, -0.2) is 12.8 Å². The molecule has 110 valence electrons. The molecule has 2 aromatic carbocycles. The molecular formula is C16H16FNO2S. The van der Waals surface area contributed by atoms with Crippen molar-refractivity contribution in [1.29, 1.82) is 0 Å². The van der Waals surface area contributed by atoms with Crippen molar-refractivity contribution in [3.05, 3.63) is 59.4 Å². The Morgan fingerprint density at radius 1 is 1.19 bits per heavy atom. The maximum Gasteiger partial charge on any atom is 0.178 e. The summed E-state index contributed by atoms with van der Waals surface area (Å²) in [4.78, 5) is 0.349. The van der Waals surface area contributed by atoms with Crippen LogP contribution in [0.15, 0.2) is 47.4 Å². The zero-order chi connectivity index (χ0) is 15.0. The number of hydrogen-bond acceptors (Lipinski definition) is 3. The summed E-state index contributed by atoms with van der Waals surface area (Å²) in [6.45, 7) is 1.89. The minimum Gasteiger partial charge on any atom is -0.376 e. The number of nitrogens with one attached hydrogen (secondary N) is 1. The van der Waals surface area contributed by atoms with E-state index in [9.17, 15) is 12.8 Å². The van der Waals surface area contributed by atoms with E-state index >= 15 is 0 Å². The summed E-state index contributed by atoms with van der Waals surface area (Å²) in [5.74, 6) is -0.249. The summed E-state index contributed by atoms with van der Waals surface area (Å²) in [5.41, 5.74) is 2.08. The first-order valence-electron chi connectivity index (χ1n) is 6.82. The molecule has 0 fully saturated rings. The smallest absolute Gasteiger partial charge is 0.178 e. The second-order valence-electron chi connectivity index (χ2n) is 5.33. The van der Waals surface area contributed by atoms with Gasteiger partial charge < -0.3 is 5.32 Å². The Bertz CT molecular complexity index is 787. The Morgan fingerprint density at radius 2 is 1.95 bits per heavy atom. The topological polar surface area (TPSA) is 46.2 Å². The van der Waals surface area contributed by atoms with Crippen molar-refractivity contribution in [3.63, 3.8) is 0 Å². The number of aryl methyl sites for hydroxylation is 1. The molecule has 0 radical (unpaired) electrons. The monoisotopic (exact) mass is 305 g/mol. The highest BCUT2D eigenvalue weighted by molar-refractivity contribution is 7.91. The lowest BCUT2D eigenvalue weighted by molar-refractivity contribution is 0.574. The number of benzene rings is 2. The highest BCUT2D eigenvalue weighted by atomic mass is 32.2. The summed E-state index contributed by atoms with van der Waals surface area (Å²) in [7, 11) is -3.22. The molecular weight excluding hydrogens is 289 g/mol. The van der Waals surface area contributed by atoms with Crippen LogP contribution in [0.4, 0.5) is 10.1 Å². The van der Waals surface area contributed by atoms with Crippen molar-refractivity contribution in [2.75, 3.05) is 11.1 Å². The highest BCUT2D eigenvalue weighted by Gasteiger charge is 2.30. The van der Waals surface area contributed by atoms with E-state index in [1.807, 2.05) is 6.92 Å². The number of hydrogen-bond donors (Lipinski definition) is 1. The van der Waals surface area contributed by atoms with Gasteiger partial charge in [-0.2, -0.15) is 0 Å². The van der Waals surface area contributed by atoms with Crippen LogP contribution in [0.2, 0.25) is 0 Å². The maximum absolute atomic E-state index is 13.9. The van der Waals surface area contributed by atoms with Gasteiger partial charge >= 0.3 is 0 Å². The second kappa shape index (κ2) is 5.15. The van der Waals surface area contributed by atoms with Crippen LogP contribution in [0.25, 0.3) is 0 Å². The zero-order valence-corrected chi connectivity index (χ0v) is 12.5. The largest absolute Gasteiger partial charge is 0.376 e. The third kappa shape index (κ3) is 2.65. The number of halogens is 1. The van der Waals surface area contributed by atoms with Crippen LogP contribution in [0.3, 0.4) is 0 Å². The van der Waals surface area contributed by atoms with Gasteiger partial charge in [0.05, 0.1) is 22.4 Å².